The Kier molecular flexibility index (Phi) is 5.86. The molecule has 0 atom stereocenters. The number of carbonyl (C=O) groups is 1. The number of amides is 1. The van der Waals surface area contributed by atoms with Crippen LogP contribution < -0.4 is 0 Å². The van der Waals surface area contributed by atoms with Gasteiger partial charge >= 0.3 is 0 Å². The van der Waals surface area contributed by atoms with Gasteiger partial charge in [-0.15, -0.1) is 0 Å². The summed E-state index contributed by atoms with van der Waals surface area (Å²) in [5.74, 6) is -0.236. The molecule has 1 aromatic rings. The molecule has 0 spiro atoms. The maximum absolute atomic E-state index is 12.0. The number of aliphatic hydroxyl groups is 1. The number of carbonyl (C=O) groups excluding carboxylic acids is 1. The molecule has 0 aromatic heterocycles. The minimum atomic E-state index is -0.481. The Bertz CT molecular complexity index is 512. The molecular formula is C14H18N2O4. The van der Waals surface area contributed by atoms with Gasteiger partial charge in [-0.2, -0.15) is 0 Å². The molecule has 0 fully saturated rings. The summed E-state index contributed by atoms with van der Waals surface area (Å²) < 4.78 is 0. The molecule has 0 heterocycles. The van der Waals surface area contributed by atoms with Crippen LogP contribution in [0.1, 0.15) is 19.4 Å². The molecule has 1 aromatic carbocycles. The highest BCUT2D eigenvalue weighted by molar-refractivity contribution is 5.92. The highest BCUT2D eigenvalue weighted by Crippen LogP contribution is 2.14. The smallest absolute Gasteiger partial charge is 0.270 e. The highest BCUT2D eigenvalue weighted by atomic mass is 16.6. The number of nitrogens with zero attached hydrogens (tertiary/aromatic N) is 2. The topological polar surface area (TPSA) is 83.7 Å². The molecule has 0 aliphatic carbocycles. The SMILES string of the molecule is CC(C)N(CCO)C(=O)/C=C/c1cccc([N+](=O)[O-])c1. The zero-order valence-corrected chi connectivity index (χ0v) is 11.5. The molecule has 0 aliphatic rings. The van der Waals surface area contributed by atoms with Gasteiger partial charge in [-0.1, -0.05) is 12.1 Å². The first kappa shape index (κ1) is 15.8. The number of nitro benzene ring substituents is 1. The van der Waals surface area contributed by atoms with Crippen LogP contribution in [0.4, 0.5) is 5.69 Å². The Balaban J connectivity index is 2.83. The number of non-ortho nitro benzene ring substituents is 1. The summed E-state index contributed by atoms with van der Waals surface area (Å²) in [6.45, 7) is 3.87. The molecule has 20 heavy (non-hydrogen) atoms. The van der Waals surface area contributed by atoms with Crippen LogP contribution >= 0.6 is 0 Å². The Labute approximate surface area is 117 Å². The quantitative estimate of drug-likeness (QED) is 0.489. The molecule has 0 aliphatic heterocycles. The fraction of sp³-hybridized carbons (Fsp3) is 0.357. The summed E-state index contributed by atoms with van der Waals surface area (Å²) in [4.78, 5) is 23.7. The van der Waals surface area contributed by atoms with Gasteiger partial charge in [-0.25, -0.2) is 0 Å². The van der Waals surface area contributed by atoms with Gasteiger partial charge in [0.25, 0.3) is 5.69 Å². The second-order valence-corrected chi connectivity index (χ2v) is 4.53. The van der Waals surface area contributed by atoms with Crippen molar-refractivity contribution in [2.75, 3.05) is 13.2 Å². The van der Waals surface area contributed by atoms with Crippen LogP contribution in [0.25, 0.3) is 6.08 Å². The van der Waals surface area contributed by atoms with E-state index in [1.807, 2.05) is 13.8 Å². The van der Waals surface area contributed by atoms with Crippen LogP contribution in [0, 0.1) is 10.1 Å². The predicted octanol–water partition coefficient (Wildman–Crippen LogP) is 1.84. The van der Waals surface area contributed by atoms with Crippen LogP contribution in [-0.2, 0) is 4.79 Å². The van der Waals surface area contributed by atoms with E-state index in [0.29, 0.717) is 5.56 Å². The fourth-order valence-corrected chi connectivity index (χ4v) is 1.74. The van der Waals surface area contributed by atoms with E-state index in [1.54, 1.807) is 12.1 Å². The fourth-order valence-electron chi connectivity index (χ4n) is 1.74. The van der Waals surface area contributed by atoms with Crippen LogP contribution in [0.5, 0.6) is 0 Å². The Morgan fingerprint density at radius 1 is 1.50 bits per heavy atom. The standard InChI is InChI=1S/C14H18N2O4/c1-11(2)15(8-9-17)14(18)7-6-12-4-3-5-13(10-12)16(19)20/h3-7,10-11,17H,8-9H2,1-2H3/b7-6+. The van der Waals surface area contributed by atoms with E-state index in [4.69, 9.17) is 5.11 Å². The Hall–Kier alpha value is -2.21. The Morgan fingerprint density at radius 3 is 2.75 bits per heavy atom. The number of rotatable bonds is 6. The zero-order valence-electron chi connectivity index (χ0n) is 11.5. The van der Waals surface area contributed by atoms with Crippen molar-refractivity contribution in [1.82, 2.24) is 4.90 Å². The first-order valence-corrected chi connectivity index (χ1v) is 6.29. The first-order chi connectivity index (χ1) is 9.45. The van der Waals surface area contributed by atoms with Gasteiger partial charge in [0.15, 0.2) is 0 Å². The van der Waals surface area contributed by atoms with E-state index in [1.165, 1.54) is 29.2 Å². The van der Waals surface area contributed by atoms with E-state index in [0.717, 1.165) is 0 Å². The molecule has 1 amide bonds. The largest absolute Gasteiger partial charge is 0.395 e. The van der Waals surface area contributed by atoms with E-state index in [-0.39, 0.29) is 30.8 Å². The second kappa shape index (κ2) is 7.40. The number of hydrogen-bond acceptors (Lipinski definition) is 4. The van der Waals surface area contributed by atoms with E-state index >= 15 is 0 Å². The van der Waals surface area contributed by atoms with Gasteiger partial charge < -0.3 is 10.0 Å². The predicted molar refractivity (Wildman–Crippen MR) is 76.1 cm³/mol. The van der Waals surface area contributed by atoms with E-state index in [9.17, 15) is 14.9 Å². The first-order valence-electron chi connectivity index (χ1n) is 6.29. The molecule has 108 valence electrons. The van der Waals surface area contributed by atoms with Crippen LogP contribution in [-0.4, -0.2) is 40.0 Å². The summed E-state index contributed by atoms with van der Waals surface area (Å²) in [6, 6.07) is 6.02. The van der Waals surface area contributed by atoms with Crippen molar-refractivity contribution < 1.29 is 14.8 Å². The normalized spacial score (nSPS) is 11.0. The minimum Gasteiger partial charge on any atom is -0.395 e. The van der Waals surface area contributed by atoms with Gasteiger partial charge in [0.2, 0.25) is 5.91 Å². The third kappa shape index (κ3) is 4.47. The molecule has 0 bridgehead atoms. The van der Waals surface area contributed by atoms with Gasteiger partial charge in [0.05, 0.1) is 11.5 Å². The molecule has 0 saturated carbocycles. The maximum atomic E-state index is 12.0. The molecule has 1 N–H and O–H groups in total. The van der Waals surface area contributed by atoms with Crippen molar-refractivity contribution in [2.24, 2.45) is 0 Å². The average Bonchev–Trinajstić information content (AvgIpc) is 2.42. The summed E-state index contributed by atoms with van der Waals surface area (Å²) in [5.41, 5.74) is 0.566. The molecule has 0 radical (unpaired) electrons. The van der Waals surface area contributed by atoms with Crippen LogP contribution in [0.2, 0.25) is 0 Å². The molecule has 0 unspecified atom stereocenters. The van der Waals surface area contributed by atoms with Crippen molar-refractivity contribution >= 4 is 17.7 Å². The molecule has 6 heteroatoms. The lowest BCUT2D eigenvalue weighted by Gasteiger charge is -2.24. The zero-order chi connectivity index (χ0) is 15.1. The molecule has 6 nitrogen and oxygen atoms in total. The summed E-state index contributed by atoms with van der Waals surface area (Å²) in [6.07, 6.45) is 2.89. The lowest BCUT2D eigenvalue weighted by Crippen LogP contribution is -2.37. The van der Waals surface area contributed by atoms with Crippen molar-refractivity contribution in [3.05, 3.63) is 46.0 Å². The van der Waals surface area contributed by atoms with Gasteiger partial charge in [-0.3, -0.25) is 14.9 Å². The van der Waals surface area contributed by atoms with Crippen LogP contribution in [0.3, 0.4) is 0 Å². The third-order valence-electron chi connectivity index (χ3n) is 2.75. The average molecular weight is 278 g/mol. The monoisotopic (exact) mass is 278 g/mol. The number of hydrogen-bond donors (Lipinski definition) is 1. The van der Waals surface area contributed by atoms with E-state index < -0.39 is 4.92 Å². The Morgan fingerprint density at radius 2 is 2.20 bits per heavy atom. The van der Waals surface area contributed by atoms with Crippen molar-refractivity contribution in [3.8, 4) is 0 Å². The second-order valence-electron chi connectivity index (χ2n) is 4.53. The van der Waals surface area contributed by atoms with Gasteiger partial charge in [0, 0.05) is 30.8 Å². The lowest BCUT2D eigenvalue weighted by atomic mass is 10.2. The number of aliphatic hydroxyl groups excluding tert-OH is 1. The molecule has 1 rings (SSSR count). The number of nitro groups is 1. The highest BCUT2D eigenvalue weighted by Gasteiger charge is 2.13. The van der Waals surface area contributed by atoms with Gasteiger partial charge in [-0.05, 0) is 25.5 Å². The van der Waals surface area contributed by atoms with E-state index in [2.05, 4.69) is 0 Å². The maximum Gasteiger partial charge on any atom is 0.270 e. The number of benzene rings is 1. The summed E-state index contributed by atoms with van der Waals surface area (Å²) in [7, 11) is 0. The van der Waals surface area contributed by atoms with Gasteiger partial charge in [0.1, 0.15) is 0 Å². The molecular weight excluding hydrogens is 260 g/mol. The lowest BCUT2D eigenvalue weighted by molar-refractivity contribution is -0.384. The van der Waals surface area contributed by atoms with Crippen molar-refractivity contribution in [1.29, 1.82) is 0 Å². The van der Waals surface area contributed by atoms with Crippen LogP contribution in [0.15, 0.2) is 30.3 Å². The summed E-state index contributed by atoms with van der Waals surface area (Å²) >= 11 is 0. The molecule has 0 saturated heterocycles. The summed E-state index contributed by atoms with van der Waals surface area (Å²) in [5, 5.41) is 19.6. The van der Waals surface area contributed by atoms with Crippen molar-refractivity contribution in [2.45, 2.75) is 19.9 Å². The minimum absolute atomic E-state index is 0.0179. The van der Waals surface area contributed by atoms with Crippen molar-refractivity contribution in [3.63, 3.8) is 0 Å². The third-order valence-corrected chi connectivity index (χ3v) is 2.75.